The number of carbonyl (C=O) groups is 1. The molecule has 4 heteroatoms. The highest BCUT2D eigenvalue weighted by Crippen LogP contribution is 2.49. The molecule has 0 radical (unpaired) electrons. The number of ether oxygens (including phenoxy) is 1. The maximum absolute atomic E-state index is 12.0. The quantitative estimate of drug-likeness (QED) is 0.843. The highest BCUT2D eigenvalue weighted by atomic mass is 16.6. The molecule has 0 unspecified atom stereocenters. The van der Waals surface area contributed by atoms with Crippen LogP contribution in [0.3, 0.4) is 0 Å². The van der Waals surface area contributed by atoms with Gasteiger partial charge in [0.1, 0.15) is 5.60 Å². The van der Waals surface area contributed by atoms with Crippen molar-refractivity contribution in [2.45, 2.75) is 77.9 Å². The Morgan fingerprint density at radius 3 is 2.38 bits per heavy atom. The SMILES string of the molecule is CCCC1(CNC2CCN(C(=O)OC(C)(C)C)CC2)CC1. The Morgan fingerprint density at radius 1 is 1.29 bits per heavy atom. The highest BCUT2D eigenvalue weighted by Gasteiger charge is 2.41. The minimum atomic E-state index is -0.398. The summed E-state index contributed by atoms with van der Waals surface area (Å²) in [5.41, 5.74) is 0.210. The number of piperidine rings is 1. The molecule has 2 aliphatic rings. The number of likely N-dealkylation sites (tertiary alicyclic amines) is 1. The summed E-state index contributed by atoms with van der Waals surface area (Å²) in [6.07, 6.45) is 7.36. The van der Waals surface area contributed by atoms with E-state index >= 15 is 0 Å². The van der Waals surface area contributed by atoms with E-state index in [0.717, 1.165) is 32.5 Å². The van der Waals surface area contributed by atoms with Crippen LogP contribution in [0.4, 0.5) is 4.79 Å². The van der Waals surface area contributed by atoms with Gasteiger partial charge in [0.25, 0.3) is 0 Å². The average Bonchev–Trinajstić information content (AvgIpc) is 3.16. The number of hydrogen-bond donors (Lipinski definition) is 1. The van der Waals surface area contributed by atoms with Crippen LogP contribution in [0.15, 0.2) is 0 Å². The predicted molar refractivity (Wildman–Crippen MR) is 85.4 cm³/mol. The zero-order valence-electron chi connectivity index (χ0n) is 14.2. The van der Waals surface area contributed by atoms with Crippen molar-refractivity contribution in [2.75, 3.05) is 19.6 Å². The smallest absolute Gasteiger partial charge is 0.410 e. The van der Waals surface area contributed by atoms with Crippen LogP contribution < -0.4 is 5.32 Å². The Morgan fingerprint density at radius 2 is 1.90 bits per heavy atom. The van der Waals surface area contributed by atoms with Crippen LogP contribution >= 0.6 is 0 Å². The maximum atomic E-state index is 12.0. The zero-order chi connectivity index (χ0) is 15.5. The monoisotopic (exact) mass is 296 g/mol. The summed E-state index contributed by atoms with van der Waals surface area (Å²) in [5, 5.41) is 3.74. The number of nitrogens with one attached hydrogen (secondary N) is 1. The zero-order valence-corrected chi connectivity index (χ0v) is 14.2. The minimum Gasteiger partial charge on any atom is -0.444 e. The first-order valence-electron chi connectivity index (χ1n) is 8.55. The molecule has 2 rings (SSSR count). The number of carbonyl (C=O) groups excluding carboxylic acids is 1. The third kappa shape index (κ3) is 5.17. The lowest BCUT2D eigenvalue weighted by Crippen LogP contribution is -2.47. The maximum Gasteiger partial charge on any atom is 0.410 e. The number of nitrogens with zero attached hydrogens (tertiary/aromatic N) is 1. The molecule has 1 N–H and O–H groups in total. The van der Waals surface area contributed by atoms with E-state index < -0.39 is 5.60 Å². The van der Waals surface area contributed by atoms with Gasteiger partial charge in [-0.15, -0.1) is 0 Å². The molecule has 0 atom stereocenters. The Bertz CT molecular complexity index is 350. The molecule has 0 spiro atoms. The third-order valence-corrected chi connectivity index (χ3v) is 4.65. The standard InChI is InChI=1S/C17H32N2O2/c1-5-8-17(9-10-17)13-18-14-6-11-19(12-7-14)15(20)21-16(2,3)4/h14,18H,5-13H2,1-4H3. The molecule has 4 nitrogen and oxygen atoms in total. The second-order valence-corrected chi connectivity index (χ2v) is 7.87. The van der Waals surface area contributed by atoms with Crippen LogP contribution in [0.25, 0.3) is 0 Å². The van der Waals surface area contributed by atoms with Gasteiger partial charge in [-0.1, -0.05) is 13.3 Å². The molecular weight excluding hydrogens is 264 g/mol. The molecule has 0 bridgehead atoms. The molecule has 1 saturated carbocycles. The number of hydrogen-bond acceptors (Lipinski definition) is 3. The van der Waals surface area contributed by atoms with Crippen LogP contribution in [-0.4, -0.2) is 42.3 Å². The molecule has 0 aromatic carbocycles. The molecular formula is C17H32N2O2. The van der Waals surface area contributed by atoms with Crippen molar-refractivity contribution >= 4 is 6.09 Å². The fourth-order valence-corrected chi connectivity index (χ4v) is 3.18. The number of amides is 1. The van der Waals surface area contributed by atoms with Gasteiger partial charge in [-0.2, -0.15) is 0 Å². The second-order valence-electron chi connectivity index (χ2n) is 7.87. The molecule has 122 valence electrons. The Balaban J connectivity index is 1.67. The molecule has 2 fully saturated rings. The summed E-state index contributed by atoms with van der Waals surface area (Å²) in [6.45, 7) is 10.8. The molecule has 1 heterocycles. The van der Waals surface area contributed by atoms with E-state index in [1.165, 1.54) is 25.7 Å². The van der Waals surface area contributed by atoms with Gasteiger partial charge in [-0.25, -0.2) is 4.79 Å². The fraction of sp³-hybridized carbons (Fsp3) is 0.941. The molecule has 1 saturated heterocycles. The normalized spacial score (nSPS) is 22.2. The van der Waals surface area contributed by atoms with Crippen molar-refractivity contribution < 1.29 is 9.53 Å². The molecule has 1 aliphatic carbocycles. The van der Waals surface area contributed by atoms with Crippen molar-refractivity contribution in [3.05, 3.63) is 0 Å². The van der Waals surface area contributed by atoms with Gasteiger partial charge in [0.05, 0.1) is 0 Å². The summed E-state index contributed by atoms with van der Waals surface area (Å²) in [6, 6.07) is 0.568. The van der Waals surface area contributed by atoms with Gasteiger partial charge in [-0.05, 0) is 58.3 Å². The predicted octanol–water partition coefficient (Wildman–Crippen LogP) is 3.56. The van der Waals surface area contributed by atoms with E-state index in [2.05, 4.69) is 12.2 Å². The lowest BCUT2D eigenvalue weighted by atomic mass is 9.98. The largest absolute Gasteiger partial charge is 0.444 e. The van der Waals surface area contributed by atoms with Gasteiger partial charge < -0.3 is 15.0 Å². The first-order valence-corrected chi connectivity index (χ1v) is 8.55. The van der Waals surface area contributed by atoms with Gasteiger partial charge in [-0.3, -0.25) is 0 Å². The molecule has 0 aromatic heterocycles. The van der Waals surface area contributed by atoms with Crippen LogP contribution in [-0.2, 0) is 4.74 Å². The van der Waals surface area contributed by atoms with E-state index in [9.17, 15) is 4.79 Å². The minimum absolute atomic E-state index is 0.161. The lowest BCUT2D eigenvalue weighted by Gasteiger charge is -2.34. The van der Waals surface area contributed by atoms with E-state index in [1.54, 1.807) is 0 Å². The second kappa shape index (κ2) is 6.55. The van der Waals surface area contributed by atoms with Crippen LogP contribution in [0, 0.1) is 5.41 Å². The third-order valence-electron chi connectivity index (χ3n) is 4.65. The van der Waals surface area contributed by atoms with Crippen molar-refractivity contribution in [1.29, 1.82) is 0 Å². The van der Waals surface area contributed by atoms with E-state index in [0.29, 0.717) is 11.5 Å². The fourth-order valence-electron chi connectivity index (χ4n) is 3.18. The molecule has 21 heavy (non-hydrogen) atoms. The van der Waals surface area contributed by atoms with E-state index in [4.69, 9.17) is 4.74 Å². The summed E-state index contributed by atoms with van der Waals surface area (Å²) < 4.78 is 5.44. The van der Waals surface area contributed by atoms with Gasteiger partial charge >= 0.3 is 6.09 Å². The molecule has 0 aromatic rings. The van der Waals surface area contributed by atoms with Crippen LogP contribution in [0.1, 0.15) is 66.2 Å². The Hall–Kier alpha value is -0.770. The lowest BCUT2D eigenvalue weighted by molar-refractivity contribution is 0.0197. The van der Waals surface area contributed by atoms with Gasteiger partial charge in [0, 0.05) is 25.7 Å². The summed E-state index contributed by atoms with van der Waals surface area (Å²) in [4.78, 5) is 13.9. The molecule has 1 amide bonds. The summed E-state index contributed by atoms with van der Waals surface area (Å²) in [7, 11) is 0. The number of rotatable bonds is 5. The average molecular weight is 296 g/mol. The van der Waals surface area contributed by atoms with E-state index in [-0.39, 0.29) is 6.09 Å². The first kappa shape index (κ1) is 16.6. The summed E-state index contributed by atoms with van der Waals surface area (Å²) in [5.74, 6) is 0. The topological polar surface area (TPSA) is 41.6 Å². The first-order chi connectivity index (χ1) is 9.84. The van der Waals surface area contributed by atoms with Crippen molar-refractivity contribution in [3.63, 3.8) is 0 Å². The van der Waals surface area contributed by atoms with Crippen LogP contribution in [0.5, 0.6) is 0 Å². The summed E-state index contributed by atoms with van der Waals surface area (Å²) >= 11 is 0. The van der Waals surface area contributed by atoms with Crippen molar-refractivity contribution in [1.82, 2.24) is 10.2 Å². The highest BCUT2D eigenvalue weighted by molar-refractivity contribution is 5.68. The van der Waals surface area contributed by atoms with Crippen molar-refractivity contribution in [3.8, 4) is 0 Å². The Kier molecular flexibility index (Phi) is 5.18. The van der Waals surface area contributed by atoms with Crippen molar-refractivity contribution in [2.24, 2.45) is 5.41 Å². The molecule has 1 aliphatic heterocycles. The Labute approximate surface area is 129 Å². The van der Waals surface area contributed by atoms with Crippen LogP contribution in [0.2, 0.25) is 0 Å². The van der Waals surface area contributed by atoms with E-state index in [1.807, 2.05) is 25.7 Å². The van der Waals surface area contributed by atoms with Gasteiger partial charge in [0.2, 0.25) is 0 Å². The van der Waals surface area contributed by atoms with Gasteiger partial charge in [0.15, 0.2) is 0 Å².